The number of aromatic hydroxyl groups is 1. The van der Waals surface area contributed by atoms with Crippen LogP contribution in [0.5, 0.6) is 5.75 Å². The second-order valence-corrected chi connectivity index (χ2v) is 6.48. The van der Waals surface area contributed by atoms with E-state index in [0.29, 0.717) is 5.02 Å². The van der Waals surface area contributed by atoms with Crippen molar-refractivity contribution < 1.29 is 33.2 Å². The molecule has 50 valence electrons. The molecule has 1 aromatic rings. The van der Waals surface area contributed by atoms with Gasteiger partial charge in [-0.1, -0.05) is 0 Å². The van der Waals surface area contributed by atoms with E-state index in [1.807, 2.05) is 0 Å². The third-order valence-electron chi connectivity index (χ3n) is 1.23. The van der Waals surface area contributed by atoms with Crippen LogP contribution in [0.1, 0.15) is 0 Å². The summed E-state index contributed by atoms with van der Waals surface area (Å²) in [4.78, 5) is 0. The first-order chi connectivity index (χ1) is 4.75. The molecule has 0 fully saturated rings. The molecule has 0 saturated heterocycles. The van der Waals surface area contributed by atoms with Gasteiger partial charge in [-0.15, -0.1) is 0 Å². The molecule has 10 heavy (non-hydrogen) atoms. The van der Waals surface area contributed by atoms with Gasteiger partial charge in [0, 0.05) is 0 Å². The van der Waals surface area contributed by atoms with Crippen LogP contribution < -0.4 is 3.07 Å². The Labute approximate surface area is 76.5 Å². The van der Waals surface area contributed by atoms with Gasteiger partial charge < -0.3 is 0 Å². The number of phenols is 1. The number of hydrogen-bond acceptors (Lipinski definition) is 2. The Morgan fingerprint density at radius 3 is 2.60 bits per heavy atom. The van der Waals surface area contributed by atoms with Gasteiger partial charge in [0.1, 0.15) is 0 Å². The molecule has 0 amide bonds. The Bertz CT molecular complexity index is 239. The number of halogens is 1. The van der Waals surface area contributed by atoms with Crippen LogP contribution in [-0.4, -0.2) is 8.12 Å². The van der Waals surface area contributed by atoms with Crippen molar-refractivity contribution in [1.82, 2.24) is 0 Å². The summed E-state index contributed by atoms with van der Waals surface area (Å²) < 4.78 is 9.63. The summed E-state index contributed by atoms with van der Waals surface area (Å²) in [5.74, 6) is 0.0632. The molecule has 0 spiro atoms. The molecule has 0 saturated carbocycles. The molecule has 0 heterocycles. The summed E-state index contributed by atoms with van der Waals surface area (Å²) in [6, 6.07) is 4.95. The van der Waals surface area contributed by atoms with Crippen molar-refractivity contribution in [2.24, 2.45) is 0 Å². The normalized spacial score (nSPS) is 9.00. The zero-order chi connectivity index (χ0) is 7.56. The molecule has 0 aliphatic heterocycles. The fourth-order valence-corrected chi connectivity index (χ4v) is 3.52. The third kappa shape index (κ3) is 1.62. The van der Waals surface area contributed by atoms with Crippen LogP contribution in [0.2, 0.25) is 5.02 Å². The quantitative estimate of drug-likeness (QED) is 0.735. The van der Waals surface area contributed by atoms with E-state index in [1.54, 1.807) is 12.1 Å². The SMILES string of the molecule is [OH][Hg][c]1cccc(O)c1Cl. The number of rotatable bonds is 1. The summed E-state index contributed by atoms with van der Waals surface area (Å²) in [6.07, 6.45) is 0. The standard InChI is InChI=1S/C6H4ClO.Hg.H2O/c7-5-3-1-2-4-6(5)8;;/h1-2,4,8H;;1H2/q;+1;/p-1. The summed E-state index contributed by atoms with van der Waals surface area (Å²) >= 11 is 3.72. The van der Waals surface area contributed by atoms with Crippen molar-refractivity contribution in [3.63, 3.8) is 0 Å². The van der Waals surface area contributed by atoms with E-state index < -0.39 is 25.0 Å². The van der Waals surface area contributed by atoms with Crippen LogP contribution in [0.15, 0.2) is 18.2 Å². The first-order valence-electron chi connectivity index (χ1n) is 2.83. The van der Waals surface area contributed by atoms with E-state index >= 15 is 0 Å². The fourth-order valence-electron chi connectivity index (χ4n) is 0.688. The summed E-state index contributed by atoms with van der Waals surface area (Å²) in [5, 5.41) is 9.35. The first kappa shape index (κ1) is 8.30. The van der Waals surface area contributed by atoms with Gasteiger partial charge >= 0.3 is 76.8 Å². The molecule has 0 bridgehead atoms. The van der Waals surface area contributed by atoms with Gasteiger partial charge in [-0.25, -0.2) is 0 Å². The molecule has 1 aromatic carbocycles. The summed E-state index contributed by atoms with van der Waals surface area (Å²) in [5.41, 5.74) is 0. The zero-order valence-corrected chi connectivity index (χ0v) is 11.5. The van der Waals surface area contributed by atoms with Gasteiger partial charge in [0.25, 0.3) is 0 Å². The first-order valence-corrected chi connectivity index (χ1v) is 8.41. The van der Waals surface area contributed by atoms with Gasteiger partial charge in [-0.05, 0) is 0 Å². The maximum absolute atomic E-state index is 9.02. The van der Waals surface area contributed by atoms with Gasteiger partial charge in [0.2, 0.25) is 0 Å². The summed E-state index contributed by atoms with van der Waals surface area (Å²) in [6.45, 7) is 0. The minimum atomic E-state index is -1.91. The van der Waals surface area contributed by atoms with Gasteiger partial charge in [0.05, 0.1) is 0 Å². The van der Waals surface area contributed by atoms with Gasteiger partial charge in [-0.2, -0.15) is 0 Å². The Morgan fingerprint density at radius 2 is 2.10 bits per heavy atom. The molecule has 2 nitrogen and oxygen atoms in total. The Morgan fingerprint density at radius 1 is 1.40 bits per heavy atom. The van der Waals surface area contributed by atoms with Crippen LogP contribution in [0, 0.1) is 0 Å². The molecule has 0 radical (unpaired) electrons. The van der Waals surface area contributed by atoms with Crippen molar-refractivity contribution in [3.8, 4) is 5.75 Å². The number of hydrogen-bond donors (Lipinski definition) is 2. The molecular weight excluding hydrogens is 340 g/mol. The fraction of sp³-hybridized carbons (Fsp3) is 0. The predicted molar refractivity (Wildman–Crippen MR) is 35.0 cm³/mol. The molecule has 1 rings (SSSR count). The topological polar surface area (TPSA) is 40.5 Å². The van der Waals surface area contributed by atoms with Crippen LogP contribution >= 0.6 is 11.6 Å². The van der Waals surface area contributed by atoms with Crippen molar-refractivity contribution >= 4 is 14.7 Å². The Balaban J connectivity index is 3.14. The van der Waals surface area contributed by atoms with E-state index in [4.69, 9.17) is 19.7 Å². The second kappa shape index (κ2) is 3.55. The zero-order valence-electron chi connectivity index (χ0n) is 5.21. The van der Waals surface area contributed by atoms with Crippen molar-refractivity contribution in [1.29, 1.82) is 0 Å². The maximum atomic E-state index is 9.02. The Kier molecular flexibility index (Phi) is 2.95. The molecule has 2 N–H and O–H groups in total. The molecule has 0 aromatic heterocycles. The Hall–Kier alpha value is 0.205. The third-order valence-corrected chi connectivity index (χ3v) is 6.15. The van der Waals surface area contributed by atoms with Crippen molar-refractivity contribution in [2.75, 3.05) is 0 Å². The number of benzene rings is 1. The second-order valence-electron chi connectivity index (χ2n) is 1.91. The monoisotopic (exact) mass is 346 g/mol. The van der Waals surface area contributed by atoms with E-state index in [9.17, 15) is 0 Å². The average Bonchev–Trinajstić information content (AvgIpc) is 1.95. The van der Waals surface area contributed by atoms with Crippen LogP contribution in [-0.2, 0) is 25.0 Å². The summed E-state index contributed by atoms with van der Waals surface area (Å²) in [7, 11) is 0. The molecule has 0 aliphatic carbocycles. The van der Waals surface area contributed by atoms with Gasteiger partial charge in [-0.3, -0.25) is 0 Å². The molecule has 0 aliphatic rings. The molecule has 4 heteroatoms. The van der Waals surface area contributed by atoms with E-state index in [0.717, 1.165) is 3.07 Å². The van der Waals surface area contributed by atoms with Gasteiger partial charge in [0.15, 0.2) is 0 Å². The van der Waals surface area contributed by atoms with Crippen LogP contribution in [0.3, 0.4) is 0 Å². The van der Waals surface area contributed by atoms with Crippen molar-refractivity contribution in [2.45, 2.75) is 0 Å². The van der Waals surface area contributed by atoms with E-state index in [1.165, 1.54) is 6.07 Å². The van der Waals surface area contributed by atoms with E-state index in [2.05, 4.69) is 0 Å². The minimum absolute atomic E-state index is 0.0632. The van der Waals surface area contributed by atoms with Crippen LogP contribution in [0.4, 0.5) is 0 Å². The molecular formula is C6H5ClHgO2. The van der Waals surface area contributed by atoms with Crippen LogP contribution in [0.25, 0.3) is 0 Å². The number of phenolic OH excluding ortho intramolecular Hbond substituents is 1. The van der Waals surface area contributed by atoms with Crippen molar-refractivity contribution in [3.05, 3.63) is 23.2 Å². The molecule has 0 unspecified atom stereocenters. The van der Waals surface area contributed by atoms with E-state index in [-0.39, 0.29) is 5.75 Å². The predicted octanol–water partition coefficient (Wildman–Crippen LogP) is 0.661. The molecule has 0 atom stereocenters. The average molecular weight is 345 g/mol.